The summed E-state index contributed by atoms with van der Waals surface area (Å²) in [6.45, 7) is 9.15. The first-order valence-electron chi connectivity index (χ1n) is 10.5. The van der Waals surface area contributed by atoms with Crippen molar-refractivity contribution < 1.29 is 33.8 Å². The first-order chi connectivity index (χ1) is 15.6. The number of hydrogen-bond acceptors (Lipinski definition) is 8. The van der Waals surface area contributed by atoms with E-state index >= 15 is 0 Å². The van der Waals surface area contributed by atoms with Crippen molar-refractivity contribution in [3.8, 4) is 5.75 Å². The summed E-state index contributed by atoms with van der Waals surface area (Å²) >= 11 is 0.972. The molecule has 0 aliphatic heterocycles. The van der Waals surface area contributed by atoms with Crippen LogP contribution in [-0.2, 0) is 14.3 Å². The molecule has 0 spiro atoms. The Kier molecular flexibility index (Phi) is 8.98. The fourth-order valence-electron chi connectivity index (χ4n) is 3.02. The summed E-state index contributed by atoms with van der Waals surface area (Å²) in [6, 6.07) is 4.28. The van der Waals surface area contributed by atoms with E-state index < -0.39 is 24.5 Å². The molecule has 0 unspecified atom stereocenters. The number of hydrogen-bond donors (Lipinski definition) is 2. The fraction of sp³-hybridized carbons (Fsp3) is 0.391. The lowest BCUT2D eigenvalue weighted by Gasteiger charge is -2.18. The van der Waals surface area contributed by atoms with Gasteiger partial charge in [-0.2, -0.15) is 0 Å². The summed E-state index contributed by atoms with van der Waals surface area (Å²) in [5, 5.41) is 12.4. The van der Waals surface area contributed by atoms with Crippen molar-refractivity contribution in [2.45, 2.75) is 34.6 Å². The van der Waals surface area contributed by atoms with Crippen molar-refractivity contribution in [2.75, 3.05) is 31.6 Å². The third-order valence-electron chi connectivity index (χ3n) is 4.90. The van der Waals surface area contributed by atoms with Crippen LogP contribution in [-0.4, -0.2) is 60.1 Å². The first kappa shape index (κ1) is 25.9. The summed E-state index contributed by atoms with van der Waals surface area (Å²) in [5.74, 6) is -2.45. The molecule has 2 aromatic rings. The molecular weight excluding hydrogens is 448 g/mol. The van der Waals surface area contributed by atoms with Gasteiger partial charge < -0.3 is 24.8 Å². The molecule has 0 fully saturated rings. The number of amides is 2. The number of aromatic hydroxyl groups is 1. The van der Waals surface area contributed by atoms with Crippen LogP contribution < -0.4 is 5.32 Å². The molecule has 0 aliphatic carbocycles. The van der Waals surface area contributed by atoms with E-state index in [4.69, 9.17) is 9.47 Å². The Morgan fingerprint density at radius 2 is 1.70 bits per heavy atom. The number of phenolic OH excluding ortho intramolecular Hbond substituents is 1. The van der Waals surface area contributed by atoms with E-state index in [1.165, 1.54) is 12.1 Å². The van der Waals surface area contributed by atoms with Crippen LogP contribution in [0, 0.1) is 13.8 Å². The minimum atomic E-state index is -0.786. The molecule has 0 saturated carbocycles. The predicted octanol–water partition coefficient (Wildman–Crippen LogP) is 3.52. The second-order valence-corrected chi connectivity index (χ2v) is 8.10. The highest BCUT2D eigenvalue weighted by Crippen LogP contribution is 2.34. The number of rotatable bonds is 9. The van der Waals surface area contributed by atoms with E-state index in [1.54, 1.807) is 31.7 Å². The lowest BCUT2D eigenvalue weighted by molar-refractivity contribution is -0.119. The summed E-state index contributed by atoms with van der Waals surface area (Å²) in [7, 11) is 0. The van der Waals surface area contributed by atoms with E-state index in [9.17, 15) is 24.3 Å². The Morgan fingerprint density at radius 1 is 1.03 bits per heavy atom. The third-order valence-corrected chi connectivity index (χ3v) is 6.10. The van der Waals surface area contributed by atoms with Crippen LogP contribution in [0.15, 0.2) is 18.2 Å². The molecule has 2 amide bonds. The van der Waals surface area contributed by atoms with E-state index in [0.29, 0.717) is 29.1 Å². The molecule has 1 heterocycles. The molecule has 33 heavy (non-hydrogen) atoms. The number of nitrogens with one attached hydrogen (secondary N) is 1. The van der Waals surface area contributed by atoms with Crippen molar-refractivity contribution >= 4 is 40.1 Å². The number of nitrogens with zero attached hydrogens (tertiary/aromatic N) is 1. The van der Waals surface area contributed by atoms with Crippen LogP contribution >= 0.6 is 11.3 Å². The second-order valence-electron chi connectivity index (χ2n) is 7.08. The average Bonchev–Trinajstić information content (AvgIpc) is 3.10. The number of thiophene rings is 1. The monoisotopic (exact) mass is 476 g/mol. The van der Waals surface area contributed by atoms with Gasteiger partial charge in [-0.05, 0) is 57.9 Å². The van der Waals surface area contributed by atoms with Gasteiger partial charge in [0.05, 0.1) is 22.6 Å². The van der Waals surface area contributed by atoms with Crippen molar-refractivity contribution in [1.29, 1.82) is 0 Å². The van der Waals surface area contributed by atoms with Gasteiger partial charge in [-0.3, -0.25) is 9.59 Å². The highest BCUT2D eigenvalue weighted by Gasteiger charge is 2.28. The van der Waals surface area contributed by atoms with Crippen molar-refractivity contribution in [1.82, 2.24) is 4.90 Å². The van der Waals surface area contributed by atoms with Gasteiger partial charge in [0.2, 0.25) is 0 Å². The minimum Gasteiger partial charge on any atom is -0.508 e. The molecule has 2 rings (SSSR count). The lowest BCUT2D eigenvalue weighted by Crippen LogP contribution is -2.30. The zero-order chi connectivity index (χ0) is 24.7. The zero-order valence-corrected chi connectivity index (χ0v) is 20.1. The zero-order valence-electron chi connectivity index (χ0n) is 19.3. The first-order valence-corrected chi connectivity index (χ1v) is 11.3. The molecule has 0 atom stereocenters. The highest BCUT2D eigenvalue weighted by molar-refractivity contribution is 7.18. The largest absolute Gasteiger partial charge is 0.508 e. The van der Waals surface area contributed by atoms with Gasteiger partial charge in [0, 0.05) is 13.1 Å². The van der Waals surface area contributed by atoms with Crippen LogP contribution in [0.1, 0.15) is 62.3 Å². The average molecular weight is 477 g/mol. The van der Waals surface area contributed by atoms with Gasteiger partial charge in [-0.25, -0.2) is 9.59 Å². The van der Waals surface area contributed by atoms with E-state index in [-0.39, 0.29) is 34.4 Å². The Labute approximate surface area is 196 Å². The minimum absolute atomic E-state index is 0.0626. The number of aryl methyl sites for hydroxylation is 1. The maximum absolute atomic E-state index is 12.9. The van der Waals surface area contributed by atoms with Crippen molar-refractivity contribution in [2.24, 2.45) is 0 Å². The van der Waals surface area contributed by atoms with Crippen LogP contribution in [0.4, 0.5) is 5.00 Å². The van der Waals surface area contributed by atoms with Crippen LogP contribution in [0.3, 0.4) is 0 Å². The molecule has 0 radical (unpaired) electrons. The van der Waals surface area contributed by atoms with Crippen LogP contribution in [0.25, 0.3) is 0 Å². The molecule has 0 aliphatic rings. The van der Waals surface area contributed by atoms with E-state index in [2.05, 4.69) is 5.32 Å². The quantitative estimate of drug-likeness (QED) is 0.531. The summed E-state index contributed by atoms with van der Waals surface area (Å²) in [6.07, 6.45) is 0. The van der Waals surface area contributed by atoms with Gasteiger partial charge in [-0.15, -0.1) is 11.3 Å². The Bertz CT molecular complexity index is 1060. The fourth-order valence-corrected chi connectivity index (χ4v) is 4.20. The molecule has 2 N–H and O–H groups in total. The normalized spacial score (nSPS) is 10.5. The number of ether oxygens (including phenoxy) is 2. The Morgan fingerprint density at radius 3 is 2.27 bits per heavy atom. The number of phenols is 1. The van der Waals surface area contributed by atoms with Gasteiger partial charge in [-0.1, -0.05) is 6.07 Å². The van der Waals surface area contributed by atoms with Crippen molar-refractivity contribution in [3.63, 3.8) is 0 Å². The number of carbonyl (C=O) groups is 4. The van der Waals surface area contributed by atoms with Crippen LogP contribution in [0.2, 0.25) is 0 Å². The maximum Gasteiger partial charge on any atom is 0.341 e. The molecule has 0 saturated heterocycles. The molecule has 0 bridgehead atoms. The number of anilines is 1. The number of esters is 2. The summed E-state index contributed by atoms with van der Waals surface area (Å²) in [4.78, 5) is 52.0. The standard InChI is InChI=1S/C23H28N2O7S/c1-6-25(7-2)21(28)19-14(5)18(23(30)31-8-3)20(33-19)24-17(27)12-32-22(29)15-10-9-13(4)16(26)11-15/h9-11,26H,6-8,12H2,1-5H3,(H,24,27). The van der Waals surface area contributed by atoms with Crippen LogP contribution in [0.5, 0.6) is 5.75 Å². The van der Waals surface area contributed by atoms with Gasteiger partial charge in [0.25, 0.3) is 11.8 Å². The Balaban J connectivity index is 2.21. The molecule has 178 valence electrons. The van der Waals surface area contributed by atoms with Crippen molar-refractivity contribution in [3.05, 3.63) is 45.3 Å². The smallest absolute Gasteiger partial charge is 0.341 e. The number of carbonyl (C=O) groups excluding carboxylic acids is 4. The van der Waals surface area contributed by atoms with E-state index in [1.807, 2.05) is 13.8 Å². The van der Waals surface area contributed by atoms with Gasteiger partial charge in [0.1, 0.15) is 10.8 Å². The third kappa shape index (κ3) is 6.10. The highest BCUT2D eigenvalue weighted by atomic mass is 32.1. The predicted molar refractivity (Wildman–Crippen MR) is 124 cm³/mol. The molecule has 1 aromatic carbocycles. The molecule has 10 heteroatoms. The SMILES string of the molecule is CCOC(=O)c1c(NC(=O)COC(=O)c2ccc(C)c(O)c2)sc(C(=O)N(CC)CC)c1C. The molecular formula is C23H28N2O7S. The second kappa shape index (κ2) is 11.5. The molecule has 9 nitrogen and oxygen atoms in total. The summed E-state index contributed by atoms with van der Waals surface area (Å²) in [5.41, 5.74) is 1.20. The maximum atomic E-state index is 12.9. The lowest BCUT2D eigenvalue weighted by atomic mass is 10.1. The van der Waals surface area contributed by atoms with E-state index in [0.717, 1.165) is 11.3 Å². The topological polar surface area (TPSA) is 122 Å². The summed E-state index contributed by atoms with van der Waals surface area (Å²) < 4.78 is 10.1. The molecule has 1 aromatic heterocycles. The van der Waals surface area contributed by atoms with Gasteiger partial charge >= 0.3 is 11.9 Å². The number of benzene rings is 1. The Hall–Kier alpha value is -3.40. The van der Waals surface area contributed by atoms with Gasteiger partial charge in [0.15, 0.2) is 6.61 Å².